The highest BCUT2D eigenvalue weighted by Crippen LogP contribution is 2.54. The van der Waals surface area contributed by atoms with Crippen molar-refractivity contribution in [1.82, 2.24) is 0 Å². The van der Waals surface area contributed by atoms with E-state index >= 15 is 0 Å². The Bertz CT molecular complexity index is 2400. The predicted molar refractivity (Wildman–Crippen MR) is 195 cm³/mol. The van der Waals surface area contributed by atoms with Gasteiger partial charge in [-0.1, -0.05) is 129 Å². The number of thiophene rings is 1. The van der Waals surface area contributed by atoms with Gasteiger partial charge >= 0.3 is 0 Å². The van der Waals surface area contributed by atoms with Gasteiger partial charge in [-0.2, -0.15) is 0 Å². The van der Waals surface area contributed by atoms with Gasteiger partial charge in [0.15, 0.2) is 0 Å². The third kappa shape index (κ3) is 3.99. The van der Waals surface area contributed by atoms with Crippen LogP contribution in [0.2, 0.25) is 0 Å². The molecule has 0 radical (unpaired) electrons. The SMILES string of the molecule is CC1(C)c2ccccc2-c2ccc3cccc(N(c4ccc(-c5ccccc5)cc4)c4ccc5c(c4)sc4ccccc45)c3c21. The van der Waals surface area contributed by atoms with Crippen LogP contribution in [0.25, 0.3) is 53.2 Å². The van der Waals surface area contributed by atoms with Gasteiger partial charge in [0.2, 0.25) is 0 Å². The molecule has 0 saturated heterocycles. The first kappa shape index (κ1) is 26.2. The van der Waals surface area contributed by atoms with Crippen LogP contribution in [0.4, 0.5) is 17.1 Å². The zero-order valence-electron chi connectivity index (χ0n) is 25.3. The standard InChI is InChI=1S/C43H31NS/c1-43(2)37-16-8-6-14-33(37)36-25-21-30-13-10-17-38(41(30)42(36)43)44(31-22-19-29(20-23-31)28-11-4-3-5-12-28)32-24-26-35-34-15-7-9-18-39(34)45-40(35)27-32/h3-27H,1-2H3. The average Bonchev–Trinajstić information content (AvgIpc) is 3.57. The van der Waals surface area contributed by atoms with Gasteiger partial charge in [0.05, 0.1) is 5.69 Å². The van der Waals surface area contributed by atoms with E-state index in [1.54, 1.807) is 0 Å². The fourth-order valence-corrected chi connectivity index (χ4v) is 8.67. The van der Waals surface area contributed by atoms with Crippen LogP contribution < -0.4 is 4.90 Å². The molecule has 0 spiro atoms. The third-order valence-corrected chi connectivity index (χ3v) is 10.8. The first-order chi connectivity index (χ1) is 22.1. The molecule has 7 aromatic carbocycles. The largest absolute Gasteiger partial charge is 0.310 e. The van der Waals surface area contributed by atoms with Crippen LogP contribution >= 0.6 is 11.3 Å². The monoisotopic (exact) mass is 593 g/mol. The van der Waals surface area contributed by atoms with Crippen molar-refractivity contribution in [3.63, 3.8) is 0 Å². The predicted octanol–water partition coefficient (Wildman–Crippen LogP) is 12.7. The molecule has 0 saturated carbocycles. The Balaban J connectivity index is 1.31. The lowest BCUT2D eigenvalue weighted by molar-refractivity contribution is 0.666. The van der Waals surface area contributed by atoms with Crippen LogP contribution in [0.1, 0.15) is 25.0 Å². The summed E-state index contributed by atoms with van der Waals surface area (Å²) in [6.45, 7) is 4.77. The first-order valence-electron chi connectivity index (χ1n) is 15.6. The minimum Gasteiger partial charge on any atom is -0.310 e. The Morgan fingerprint density at radius 2 is 1.22 bits per heavy atom. The van der Waals surface area contributed by atoms with Crippen LogP contribution in [-0.2, 0) is 5.41 Å². The molecule has 0 amide bonds. The molecule has 1 aliphatic rings. The molecule has 1 aliphatic carbocycles. The fraction of sp³-hybridized carbons (Fsp3) is 0.0698. The molecule has 9 rings (SSSR count). The van der Waals surface area contributed by atoms with Crippen LogP contribution in [0, 0.1) is 0 Å². The third-order valence-electron chi connectivity index (χ3n) is 9.63. The van der Waals surface area contributed by atoms with E-state index in [-0.39, 0.29) is 5.41 Å². The van der Waals surface area contributed by atoms with Crippen LogP contribution in [0.3, 0.4) is 0 Å². The van der Waals surface area contributed by atoms with Crippen molar-refractivity contribution in [3.8, 4) is 22.3 Å². The fourth-order valence-electron chi connectivity index (χ4n) is 7.53. The Morgan fingerprint density at radius 3 is 2.09 bits per heavy atom. The van der Waals surface area contributed by atoms with Crippen molar-refractivity contribution < 1.29 is 0 Å². The molecule has 0 bridgehead atoms. The van der Waals surface area contributed by atoms with Crippen LogP contribution in [0.15, 0.2) is 152 Å². The maximum absolute atomic E-state index is 2.47. The number of rotatable bonds is 4. The smallest absolute Gasteiger partial charge is 0.0543 e. The minimum atomic E-state index is -0.125. The van der Waals surface area contributed by atoms with Crippen molar-refractivity contribution in [3.05, 3.63) is 163 Å². The highest BCUT2D eigenvalue weighted by Gasteiger charge is 2.37. The number of benzene rings is 7. The van der Waals surface area contributed by atoms with Gasteiger partial charge < -0.3 is 4.90 Å². The lowest BCUT2D eigenvalue weighted by Crippen LogP contribution is -2.17. The normalized spacial score (nSPS) is 13.3. The molecule has 0 unspecified atom stereocenters. The van der Waals surface area contributed by atoms with Crippen molar-refractivity contribution in [2.45, 2.75) is 19.3 Å². The molecule has 214 valence electrons. The molecule has 0 fully saturated rings. The molecule has 2 heteroatoms. The Labute approximate surface area is 267 Å². The zero-order valence-corrected chi connectivity index (χ0v) is 26.1. The summed E-state index contributed by atoms with van der Waals surface area (Å²) in [4.78, 5) is 2.47. The first-order valence-corrected chi connectivity index (χ1v) is 16.4. The van der Waals surface area contributed by atoms with E-state index in [1.165, 1.54) is 75.7 Å². The molecule has 8 aromatic rings. The highest BCUT2D eigenvalue weighted by atomic mass is 32.1. The summed E-state index contributed by atoms with van der Waals surface area (Å²) in [6, 6.07) is 55.8. The second-order valence-electron chi connectivity index (χ2n) is 12.6. The summed E-state index contributed by atoms with van der Waals surface area (Å²) in [5.41, 5.74) is 11.3. The van der Waals surface area contributed by atoms with Crippen molar-refractivity contribution in [1.29, 1.82) is 0 Å². The van der Waals surface area contributed by atoms with E-state index in [4.69, 9.17) is 0 Å². The van der Waals surface area contributed by atoms with Gasteiger partial charge in [0, 0.05) is 42.3 Å². The quantitative estimate of drug-likeness (QED) is 0.196. The lowest BCUT2D eigenvalue weighted by Gasteiger charge is -2.30. The molecule has 1 heterocycles. The molecular weight excluding hydrogens is 563 g/mol. The summed E-state index contributed by atoms with van der Waals surface area (Å²) in [6.07, 6.45) is 0. The molecule has 1 nitrogen and oxygen atoms in total. The van der Waals surface area contributed by atoms with Crippen molar-refractivity contribution in [2.24, 2.45) is 0 Å². The average molecular weight is 594 g/mol. The summed E-state index contributed by atoms with van der Waals surface area (Å²) < 4.78 is 2.63. The van der Waals surface area contributed by atoms with Gasteiger partial charge in [-0.3, -0.25) is 0 Å². The van der Waals surface area contributed by atoms with E-state index in [0.29, 0.717) is 0 Å². The zero-order chi connectivity index (χ0) is 30.1. The lowest BCUT2D eigenvalue weighted by atomic mass is 9.79. The number of anilines is 3. The molecule has 45 heavy (non-hydrogen) atoms. The van der Waals surface area contributed by atoms with E-state index in [1.807, 2.05) is 11.3 Å². The summed E-state index contributed by atoms with van der Waals surface area (Å²) in [5.74, 6) is 0. The molecule has 1 aromatic heterocycles. The van der Waals surface area contributed by atoms with Gasteiger partial charge in [0.25, 0.3) is 0 Å². The number of hydrogen-bond donors (Lipinski definition) is 0. The second-order valence-corrected chi connectivity index (χ2v) is 13.6. The van der Waals surface area contributed by atoms with Gasteiger partial charge in [-0.15, -0.1) is 11.3 Å². The number of fused-ring (bicyclic) bond motifs is 8. The van der Waals surface area contributed by atoms with E-state index in [2.05, 4.69) is 170 Å². The molecule has 0 N–H and O–H groups in total. The molecule has 0 atom stereocenters. The molecular formula is C43H31NS. The van der Waals surface area contributed by atoms with E-state index < -0.39 is 0 Å². The van der Waals surface area contributed by atoms with E-state index in [0.717, 1.165) is 5.69 Å². The second kappa shape index (κ2) is 9.92. The highest BCUT2D eigenvalue weighted by molar-refractivity contribution is 7.25. The maximum atomic E-state index is 2.47. The summed E-state index contributed by atoms with van der Waals surface area (Å²) >= 11 is 1.87. The summed E-state index contributed by atoms with van der Waals surface area (Å²) in [7, 11) is 0. The van der Waals surface area contributed by atoms with Crippen LogP contribution in [0.5, 0.6) is 0 Å². The van der Waals surface area contributed by atoms with Crippen molar-refractivity contribution >= 4 is 59.3 Å². The van der Waals surface area contributed by atoms with Gasteiger partial charge in [0.1, 0.15) is 0 Å². The van der Waals surface area contributed by atoms with E-state index in [9.17, 15) is 0 Å². The number of nitrogens with zero attached hydrogens (tertiary/aromatic N) is 1. The topological polar surface area (TPSA) is 3.24 Å². The van der Waals surface area contributed by atoms with Gasteiger partial charge in [-0.05, 0) is 75.2 Å². The minimum absolute atomic E-state index is 0.125. The number of hydrogen-bond acceptors (Lipinski definition) is 2. The Kier molecular flexibility index (Phi) is 5.78. The summed E-state index contributed by atoms with van der Waals surface area (Å²) in [5, 5.41) is 5.22. The van der Waals surface area contributed by atoms with Crippen LogP contribution in [-0.4, -0.2) is 0 Å². The maximum Gasteiger partial charge on any atom is 0.0543 e. The molecule has 0 aliphatic heterocycles. The Hall–Kier alpha value is -5.18. The van der Waals surface area contributed by atoms with Crippen molar-refractivity contribution in [2.75, 3.05) is 4.90 Å². The van der Waals surface area contributed by atoms with Gasteiger partial charge in [-0.25, -0.2) is 0 Å². The Morgan fingerprint density at radius 1 is 0.511 bits per heavy atom.